The van der Waals surface area contributed by atoms with Gasteiger partial charge in [0.1, 0.15) is 0 Å². The number of carbonyl (C=O) groups excluding carboxylic acids is 1. The van der Waals surface area contributed by atoms with Gasteiger partial charge in [-0.1, -0.05) is 6.92 Å². The summed E-state index contributed by atoms with van der Waals surface area (Å²) >= 11 is 0. The van der Waals surface area contributed by atoms with Gasteiger partial charge >= 0.3 is 0 Å². The standard InChI is InChI=1S/C11H20N2O2/c1-2-10(14)13-6-3-11(4-7-13)9-12-5-8-15-11/h12H,2-9H2,1H3. The van der Waals surface area contributed by atoms with E-state index < -0.39 is 0 Å². The van der Waals surface area contributed by atoms with Gasteiger partial charge in [-0.05, 0) is 12.8 Å². The van der Waals surface area contributed by atoms with Crippen LogP contribution in [0, 0.1) is 0 Å². The Kier molecular flexibility index (Phi) is 3.26. The van der Waals surface area contributed by atoms with Crippen LogP contribution in [-0.4, -0.2) is 49.2 Å². The first-order chi connectivity index (χ1) is 7.26. The lowest BCUT2D eigenvalue weighted by Gasteiger charge is -2.44. The normalized spacial score (nSPS) is 25.5. The second-order valence-electron chi connectivity index (χ2n) is 4.44. The Labute approximate surface area is 91.0 Å². The zero-order valence-corrected chi connectivity index (χ0v) is 9.42. The van der Waals surface area contributed by atoms with Gasteiger partial charge < -0.3 is 15.0 Å². The van der Waals surface area contributed by atoms with E-state index >= 15 is 0 Å². The van der Waals surface area contributed by atoms with Crippen molar-refractivity contribution >= 4 is 5.91 Å². The molecule has 0 saturated carbocycles. The highest BCUT2D eigenvalue weighted by Gasteiger charge is 2.37. The van der Waals surface area contributed by atoms with Gasteiger partial charge in [-0.15, -0.1) is 0 Å². The fourth-order valence-corrected chi connectivity index (χ4v) is 2.42. The Hall–Kier alpha value is -0.610. The lowest BCUT2D eigenvalue weighted by atomic mass is 9.90. The third-order valence-corrected chi connectivity index (χ3v) is 3.46. The minimum atomic E-state index is 0.0166. The van der Waals surface area contributed by atoms with Crippen LogP contribution in [-0.2, 0) is 9.53 Å². The molecule has 2 fully saturated rings. The molecule has 15 heavy (non-hydrogen) atoms. The largest absolute Gasteiger partial charge is 0.372 e. The quantitative estimate of drug-likeness (QED) is 0.683. The van der Waals surface area contributed by atoms with Crippen molar-refractivity contribution in [2.45, 2.75) is 31.8 Å². The molecule has 0 unspecified atom stereocenters. The average Bonchev–Trinajstić information content (AvgIpc) is 2.30. The Morgan fingerprint density at radius 3 is 2.73 bits per heavy atom. The molecule has 0 aromatic heterocycles. The van der Waals surface area contributed by atoms with Crippen molar-refractivity contribution in [1.82, 2.24) is 10.2 Å². The number of carbonyl (C=O) groups is 1. The number of piperidine rings is 1. The van der Waals surface area contributed by atoms with Gasteiger partial charge in [-0.3, -0.25) is 4.79 Å². The van der Waals surface area contributed by atoms with Gasteiger partial charge in [0.25, 0.3) is 0 Å². The maximum atomic E-state index is 11.5. The van der Waals surface area contributed by atoms with E-state index in [4.69, 9.17) is 4.74 Å². The van der Waals surface area contributed by atoms with Crippen LogP contribution in [0.25, 0.3) is 0 Å². The number of amides is 1. The molecular formula is C11H20N2O2. The summed E-state index contributed by atoms with van der Waals surface area (Å²) in [6.07, 6.45) is 2.57. The molecular weight excluding hydrogens is 192 g/mol. The molecule has 86 valence electrons. The van der Waals surface area contributed by atoms with Crippen molar-refractivity contribution in [3.63, 3.8) is 0 Å². The molecule has 2 saturated heterocycles. The molecule has 0 aromatic carbocycles. The van der Waals surface area contributed by atoms with Gasteiger partial charge in [0.15, 0.2) is 0 Å². The number of likely N-dealkylation sites (tertiary alicyclic amines) is 1. The minimum Gasteiger partial charge on any atom is -0.372 e. The molecule has 0 aromatic rings. The van der Waals surface area contributed by atoms with E-state index in [1.807, 2.05) is 11.8 Å². The zero-order valence-electron chi connectivity index (χ0n) is 9.42. The van der Waals surface area contributed by atoms with Crippen LogP contribution in [0.5, 0.6) is 0 Å². The summed E-state index contributed by atoms with van der Waals surface area (Å²) in [7, 11) is 0. The van der Waals surface area contributed by atoms with E-state index in [0.717, 1.165) is 45.6 Å². The molecule has 2 heterocycles. The Bertz CT molecular complexity index is 227. The highest BCUT2D eigenvalue weighted by molar-refractivity contribution is 5.75. The zero-order chi connectivity index (χ0) is 10.7. The van der Waals surface area contributed by atoms with Crippen molar-refractivity contribution in [1.29, 1.82) is 0 Å². The molecule has 4 heteroatoms. The van der Waals surface area contributed by atoms with E-state index in [1.165, 1.54) is 0 Å². The van der Waals surface area contributed by atoms with Crippen molar-refractivity contribution in [3.05, 3.63) is 0 Å². The van der Waals surface area contributed by atoms with Crippen molar-refractivity contribution in [2.75, 3.05) is 32.8 Å². The van der Waals surface area contributed by atoms with E-state index in [2.05, 4.69) is 5.32 Å². The molecule has 0 atom stereocenters. The van der Waals surface area contributed by atoms with Crippen molar-refractivity contribution in [3.8, 4) is 0 Å². The molecule has 0 radical (unpaired) electrons. The lowest BCUT2D eigenvalue weighted by Crippen LogP contribution is -2.56. The SMILES string of the molecule is CCC(=O)N1CCC2(CC1)CNCCO2. The lowest BCUT2D eigenvalue weighted by molar-refractivity contribution is -0.140. The number of rotatable bonds is 1. The highest BCUT2D eigenvalue weighted by Crippen LogP contribution is 2.27. The number of nitrogens with one attached hydrogen (secondary N) is 1. The van der Waals surface area contributed by atoms with Gasteiger partial charge in [-0.2, -0.15) is 0 Å². The number of ether oxygens (including phenoxy) is 1. The molecule has 2 aliphatic heterocycles. The summed E-state index contributed by atoms with van der Waals surface area (Å²) in [6, 6.07) is 0. The van der Waals surface area contributed by atoms with Gasteiger partial charge in [0, 0.05) is 32.6 Å². The Morgan fingerprint density at radius 1 is 1.47 bits per heavy atom. The average molecular weight is 212 g/mol. The Morgan fingerprint density at radius 2 is 2.20 bits per heavy atom. The van der Waals surface area contributed by atoms with Crippen molar-refractivity contribution < 1.29 is 9.53 Å². The van der Waals surface area contributed by atoms with Crippen LogP contribution >= 0.6 is 0 Å². The molecule has 4 nitrogen and oxygen atoms in total. The molecule has 1 amide bonds. The second-order valence-corrected chi connectivity index (χ2v) is 4.44. The first-order valence-electron chi connectivity index (χ1n) is 5.88. The second kappa shape index (κ2) is 4.49. The summed E-state index contributed by atoms with van der Waals surface area (Å²) in [5.41, 5.74) is 0.0166. The van der Waals surface area contributed by atoms with Crippen molar-refractivity contribution in [2.24, 2.45) is 0 Å². The van der Waals surface area contributed by atoms with Crippen LogP contribution in [0.15, 0.2) is 0 Å². The molecule has 2 rings (SSSR count). The number of morpholine rings is 1. The summed E-state index contributed by atoms with van der Waals surface area (Å²) in [4.78, 5) is 13.5. The van der Waals surface area contributed by atoms with Gasteiger partial charge in [0.2, 0.25) is 5.91 Å². The van der Waals surface area contributed by atoms with Gasteiger partial charge in [-0.25, -0.2) is 0 Å². The van der Waals surface area contributed by atoms with Crippen LogP contribution in [0.1, 0.15) is 26.2 Å². The van der Waals surface area contributed by atoms with E-state index in [-0.39, 0.29) is 11.5 Å². The predicted octanol–water partition coefficient (Wildman–Crippen LogP) is 0.377. The van der Waals surface area contributed by atoms with Crippen LogP contribution < -0.4 is 5.32 Å². The molecule has 2 aliphatic rings. The van der Waals surface area contributed by atoms with E-state index in [1.54, 1.807) is 0 Å². The first-order valence-corrected chi connectivity index (χ1v) is 5.88. The predicted molar refractivity (Wildman–Crippen MR) is 57.7 cm³/mol. The summed E-state index contributed by atoms with van der Waals surface area (Å²) in [5.74, 6) is 0.272. The van der Waals surface area contributed by atoms with Crippen LogP contribution in [0.4, 0.5) is 0 Å². The van der Waals surface area contributed by atoms with E-state index in [9.17, 15) is 4.79 Å². The topological polar surface area (TPSA) is 41.6 Å². The maximum absolute atomic E-state index is 11.5. The molecule has 0 bridgehead atoms. The first kappa shape index (κ1) is 10.9. The molecule has 1 spiro atoms. The van der Waals surface area contributed by atoms with E-state index in [0.29, 0.717) is 6.42 Å². The molecule has 0 aliphatic carbocycles. The maximum Gasteiger partial charge on any atom is 0.222 e. The number of hydrogen-bond acceptors (Lipinski definition) is 3. The Balaban J connectivity index is 1.88. The smallest absolute Gasteiger partial charge is 0.222 e. The monoisotopic (exact) mass is 212 g/mol. The fraction of sp³-hybridized carbons (Fsp3) is 0.909. The fourth-order valence-electron chi connectivity index (χ4n) is 2.42. The highest BCUT2D eigenvalue weighted by atomic mass is 16.5. The van der Waals surface area contributed by atoms with Crippen LogP contribution in [0.3, 0.4) is 0 Å². The number of nitrogens with zero attached hydrogens (tertiary/aromatic N) is 1. The molecule has 1 N–H and O–H groups in total. The summed E-state index contributed by atoms with van der Waals surface area (Å²) < 4.78 is 5.87. The van der Waals surface area contributed by atoms with Crippen LogP contribution in [0.2, 0.25) is 0 Å². The van der Waals surface area contributed by atoms with Gasteiger partial charge in [0.05, 0.1) is 12.2 Å². The minimum absolute atomic E-state index is 0.0166. The third kappa shape index (κ3) is 2.32. The third-order valence-electron chi connectivity index (χ3n) is 3.46. The number of hydrogen-bond donors (Lipinski definition) is 1. The summed E-state index contributed by atoms with van der Waals surface area (Å²) in [5, 5.41) is 3.37. The summed E-state index contributed by atoms with van der Waals surface area (Å²) in [6.45, 7) is 6.34.